The Morgan fingerprint density at radius 2 is 1.67 bits per heavy atom. The minimum absolute atomic E-state index is 0.104. The molecule has 116 valence electrons. The average Bonchev–Trinajstić information content (AvgIpc) is 2.45. The number of phenols is 2. The number of hydrogen-bond donors (Lipinski definition) is 4. The second-order valence-corrected chi connectivity index (χ2v) is 5.71. The van der Waals surface area contributed by atoms with Crippen molar-refractivity contribution in [2.75, 3.05) is 6.54 Å². The third-order valence-electron chi connectivity index (χ3n) is 3.91. The van der Waals surface area contributed by atoms with E-state index in [1.54, 1.807) is 0 Å². The third kappa shape index (κ3) is 4.63. The number of aromatic hydroxyl groups is 2. The molecule has 0 saturated heterocycles. The highest BCUT2D eigenvalue weighted by atomic mass is 16.3. The lowest BCUT2D eigenvalue weighted by Crippen LogP contribution is -2.42. The standard InChI is InChI=1S/C16H24N2O3/c1-2-7-17-12-3-5-13(6-4-12)18-16(21)11-8-14(19)10-15(20)9-11/h8-10,12-13,17,19-20H,2-7H2,1H3,(H,18,21). The highest BCUT2D eigenvalue weighted by Crippen LogP contribution is 2.22. The lowest BCUT2D eigenvalue weighted by atomic mass is 9.91. The number of phenolic OH excluding ortho intramolecular Hbond substituents is 2. The molecule has 1 fully saturated rings. The van der Waals surface area contributed by atoms with Crippen LogP contribution in [0, 0.1) is 0 Å². The number of hydrogen-bond acceptors (Lipinski definition) is 4. The smallest absolute Gasteiger partial charge is 0.251 e. The van der Waals surface area contributed by atoms with Crippen molar-refractivity contribution < 1.29 is 15.0 Å². The number of rotatable bonds is 5. The summed E-state index contributed by atoms with van der Waals surface area (Å²) in [7, 11) is 0. The zero-order valence-electron chi connectivity index (χ0n) is 12.4. The van der Waals surface area contributed by atoms with E-state index in [4.69, 9.17) is 0 Å². The highest BCUT2D eigenvalue weighted by Gasteiger charge is 2.22. The Morgan fingerprint density at radius 3 is 2.24 bits per heavy atom. The molecule has 1 aliphatic rings. The van der Waals surface area contributed by atoms with Gasteiger partial charge in [-0.15, -0.1) is 0 Å². The first-order chi connectivity index (χ1) is 10.1. The summed E-state index contributed by atoms with van der Waals surface area (Å²) in [6, 6.07) is 4.67. The summed E-state index contributed by atoms with van der Waals surface area (Å²) in [6.45, 7) is 3.20. The summed E-state index contributed by atoms with van der Waals surface area (Å²) in [5.74, 6) is -0.452. The van der Waals surface area contributed by atoms with Crippen LogP contribution in [-0.4, -0.2) is 34.7 Å². The van der Waals surface area contributed by atoms with E-state index in [0.717, 1.165) is 38.6 Å². The van der Waals surface area contributed by atoms with Crippen LogP contribution in [0.25, 0.3) is 0 Å². The van der Waals surface area contributed by atoms with Crippen molar-refractivity contribution in [3.05, 3.63) is 23.8 Å². The summed E-state index contributed by atoms with van der Waals surface area (Å²) in [6.07, 6.45) is 5.18. The van der Waals surface area contributed by atoms with Gasteiger partial charge in [-0.05, 0) is 50.8 Å². The van der Waals surface area contributed by atoms with Crippen molar-refractivity contribution in [3.8, 4) is 11.5 Å². The summed E-state index contributed by atoms with van der Waals surface area (Å²) >= 11 is 0. The number of nitrogens with one attached hydrogen (secondary N) is 2. The maximum absolute atomic E-state index is 12.1. The average molecular weight is 292 g/mol. The molecule has 0 heterocycles. The van der Waals surface area contributed by atoms with E-state index in [0.29, 0.717) is 11.6 Å². The van der Waals surface area contributed by atoms with Gasteiger partial charge in [0.25, 0.3) is 5.91 Å². The minimum atomic E-state index is -0.244. The Balaban J connectivity index is 1.84. The molecule has 0 radical (unpaired) electrons. The van der Waals surface area contributed by atoms with Crippen LogP contribution in [0.4, 0.5) is 0 Å². The summed E-state index contributed by atoms with van der Waals surface area (Å²) in [4.78, 5) is 12.1. The Hall–Kier alpha value is -1.75. The van der Waals surface area contributed by atoms with Gasteiger partial charge in [-0.3, -0.25) is 4.79 Å². The lowest BCUT2D eigenvalue weighted by Gasteiger charge is -2.29. The molecule has 21 heavy (non-hydrogen) atoms. The maximum Gasteiger partial charge on any atom is 0.251 e. The van der Waals surface area contributed by atoms with Crippen molar-refractivity contribution in [1.29, 1.82) is 0 Å². The molecule has 1 aromatic rings. The van der Waals surface area contributed by atoms with E-state index >= 15 is 0 Å². The number of carbonyl (C=O) groups excluding carboxylic acids is 1. The predicted octanol–water partition coefficient (Wildman–Crippen LogP) is 2.14. The van der Waals surface area contributed by atoms with Gasteiger partial charge in [0.15, 0.2) is 0 Å². The van der Waals surface area contributed by atoms with E-state index in [2.05, 4.69) is 17.6 Å². The topological polar surface area (TPSA) is 81.6 Å². The molecule has 5 nitrogen and oxygen atoms in total. The SMILES string of the molecule is CCCNC1CCC(NC(=O)c2cc(O)cc(O)c2)CC1. The molecule has 0 unspecified atom stereocenters. The molecule has 0 spiro atoms. The van der Waals surface area contributed by atoms with Gasteiger partial charge in [-0.25, -0.2) is 0 Å². The lowest BCUT2D eigenvalue weighted by molar-refractivity contribution is 0.0923. The maximum atomic E-state index is 12.1. The molecule has 2 rings (SSSR count). The number of amides is 1. The molecular formula is C16H24N2O3. The summed E-state index contributed by atoms with van der Waals surface area (Å²) in [5, 5.41) is 25.3. The molecule has 0 atom stereocenters. The molecule has 1 saturated carbocycles. The van der Waals surface area contributed by atoms with E-state index in [1.165, 1.54) is 18.2 Å². The fraction of sp³-hybridized carbons (Fsp3) is 0.562. The Bertz CT molecular complexity index is 462. The van der Waals surface area contributed by atoms with Gasteiger partial charge in [0, 0.05) is 23.7 Å². The van der Waals surface area contributed by atoms with E-state index in [1.807, 2.05) is 0 Å². The first-order valence-corrected chi connectivity index (χ1v) is 7.65. The van der Waals surface area contributed by atoms with Gasteiger partial charge in [0.05, 0.1) is 0 Å². The van der Waals surface area contributed by atoms with Crippen molar-refractivity contribution in [1.82, 2.24) is 10.6 Å². The van der Waals surface area contributed by atoms with Crippen LogP contribution < -0.4 is 10.6 Å². The first kappa shape index (κ1) is 15.6. The molecule has 4 N–H and O–H groups in total. The van der Waals surface area contributed by atoms with Crippen molar-refractivity contribution in [3.63, 3.8) is 0 Å². The van der Waals surface area contributed by atoms with Gasteiger partial charge in [-0.2, -0.15) is 0 Å². The van der Waals surface area contributed by atoms with Gasteiger partial charge in [-0.1, -0.05) is 6.92 Å². The quantitative estimate of drug-likeness (QED) is 0.670. The normalized spacial score (nSPS) is 22.0. The molecule has 1 amide bonds. The predicted molar refractivity (Wildman–Crippen MR) is 81.6 cm³/mol. The highest BCUT2D eigenvalue weighted by molar-refractivity contribution is 5.95. The van der Waals surface area contributed by atoms with E-state index in [9.17, 15) is 15.0 Å². The third-order valence-corrected chi connectivity index (χ3v) is 3.91. The summed E-state index contributed by atoms with van der Waals surface area (Å²) in [5.41, 5.74) is 0.290. The Labute approximate surface area is 125 Å². The zero-order valence-corrected chi connectivity index (χ0v) is 12.4. The van der Waals surface area contributed by atoms with Crippen LogP contribution in [0.1, 0.15) is 49.4 Å². The number of carbonyl (C=O) groups is 1. The van der Waals surface area contributed by atoms with Crippen LogP contribution in [-0.2, 0) is 0 Å². The molecule has 1 aliphatic carbocycles. The molecular weight excluding hydrogens is 268 g/mol. The van der Waals surface area contributed by atoms with Crippen LogP contribution >= 0.6 is 0 Å². The van der Waals surface area contributed by atoms with Crippen LogP contribution in [0.3, 0.4) is 0 Å². The van der Waals surface area contributed by atoms with Crippen LogP contribution in [0.2, 0.25) is 0 Å². The number of benzene rings is 1. The molecule has 0 aromatic heterocycles. The fourth-order valence-corrected chi connectivity index (χ4v) is 2.79. The second kappa shape index (κ2) is 7.31. The largest absolute Gasteiger partial charge is 0.508 e. The zero-order chi connectivity index (χ0) is 15.2. The minimum Gasteiger partial charge on any atom is -0.508 e. The fourth-order valence-electron chi connectivity index (χ4n) is 2.79. The molecule has 0 bridgehead atoms. The summed E-state index contributed by atoms with van der Waals surface area (Å²) < 4.78 is 0. The van der Waals surface area contributed by atoms with Crippen LogP contribution in [0.15, 0.2) is 18.2 Å². The molecule has 5 heteroatoms. The monoisotopic (exact) mass is 292 g/mol. The van der Waals surface area contributed by atoms with Crippen molar-refractivity contribution >= 4 is 5.91 Å². The second-order valence-electron chi connectivity index (χ2n) is 5.71. The van der Waals surface area contributed by atoms with Crippen molar-refractivity contribution in [2.45, 2.75) is 51.1 Å². The first-order valence-electron chi connectivity index (χ1n) is 7.65. The van der Waals surface area contributed by atoms with Crippen LogP contribution in [0.5, 0.6) is 11.5 Å². The molecule has 1 aromatic carbocycles. The Kier molecular flexibility index (Phi) is 5.44. The van der Waals surface area contributed by atoms with Gasteiger partial charge >= 0.3 is 0 Å². The van der Waals surface area contributed by atoms with Crippen molar-refractivity contribution in [2.24, 2.45) is 0 Å². The molecule has 0 aliphatic heterocycles. The van der Waals surface area contributed by atoms with E-state index in [-0.39, 0.29) is 23.4 Å². The van der Waals surface area contributed by atoms with Gasteiger partial charge in [0.2, 0.25) is 0 Å². The van der Waals surface area contributed by atoms with Gasteiger partial charge in [0.1, 0.15) is 11.5 Å². The van der Waals surface area contributed by atoms with Gasteiger partial charge < -0.3 is 20.8 Å². The van der Waals surface area contributed by atoms with E-state index < -0.39 is 0 Å². The Morgan fingerprint density at radius 1 is 1.10 bits per heavy atom.